The summed E-state index contributed by atoms with van der Waals surface area (Å²) in [4.78, 5) is 18.7. The van der Waals surface area contributed by atoms with Gasteiger partial charge in [0.1, 0.15) is 0 Å². The van der Waals surface area contributed by atoms with Gasteiger partial charge in [0.15, 0.2) is 5.13 Å². The number of hydrogen-bond donors (Lipinski definition) is 1. The molecule has 3 aliphatic rings. The fourth-order valence-electron chi connectivity index (χ4n) is 6.26. The maximum absolute atomic E-state index is 12.8. The quantitative estimate of drug-likeness (QED) is 0.635. The Bertz CT molecular complexity index is 923. The number of fused-ring (bicyclic) bond motifs is 2. The van der Waals surface area contributed by atoms with E-state index in [2.05, 4.69) is 22.3 Å². The summed E-state index contributed by atoms with van der Waals surface area (Å²) in [6.45, 7) is 3.28. The third kappa shape index (κ3) is 3.85. The van der Waals surface area contributed by atoms with Crippen molar-refractivity contribution in [1.82, 2.24) is 9.88 Å². The summed E-state index contributed by atoms with van der Waals surface area (Å²) in [5.74, 6) is 0.613. The van der Waals surface area contributed by atoms with Crippen LogP contribution < -0.4 is 5.32 Å². The molecule has 2 aromatic rings. The summed E-state index contributed by atoms with van der Waals surface area (Å²) in [7, 11) is 0. The summed E-state index contributed by atoms with van der Waals surface area (Å²) in [5.41, 5.74) is 4.27. The number of nitrogens with one attached hydrogen (secondary N) is 1. The molecule has 1 saturated carbocycles. The summed E-state index contributed by atoms with van der Waals surface area (Å²) < 4.78 is 14.0. The van der Waals surface area contributed by atoms with E-state index in [1.807, 2.05) is 0 Å². The van der Waals surface area contributed by atoms with Crippen LogP contribution in [0.3, 0.4) is 0 Å². The highest BCUT2D eigenvalue weighted by atomic mass is 35.5. The van der Waals surface area contributed by atoms with Gasteiger partial charge in [0.25, 0.3) is 0 Å². The van der Waals surface area contributed by atoms with Crippen LogP contribution in [-0.4, -0.2) is 41.6 Å². The third-order valence-corrected chi connectivity index (χ3v) is 8.25. The van der Waals surface area contributed by atoms with Crippen LogP contribution in [0.15, 0.2) is 12.1 Å². The highest BCUT2D eigenvalue weighted by Gasteiger charge is 2.53. The number of alkyl halides is 1. The smallest absolute Gasteiger partial charge is 0.223 e. The normalized spacial score (nSPS) is 27.4. The molecule has 1 aromatic heterocycles. The van der Waals surface area contributed by atoms with E-state index < -0.39 is 0 Å². The Morgan fingerprint density at radius 3 is 2.93 bits per heavy atom. The first-order valence-electron chi connectivity index (χ1n) is 10.6. The predicted octanol–water partition coefficient (Wildman–Crippen LogP) is 5.52. The van der Waals surface area contributed by atoms with Gasteiger partial charge in [-0.1, -0.05) is 24.2 Å². The van der Waals surface area contributed by atoms with Gasteiger partial charge in [0.05, 0.1) is 16.9 Å². The van der Waals surface area contributed by atoms with E-state index in [9.17, 15) is 9.18 Å². The number of hydrogen-bond acceptors (Lipinski definition) is 4. The van der Waals surface area contributed by atoms with Gasteiger partial charge in [-0.25, -0.2) is 4.98 Å². The Hall–Kier alpha value is -0.950. The summed E-state index contributed by atoms with van der Waals surface area (Å²) >= 11 is 1.56. The lowest BCUT2D eigenvalue weighted by Gasteiger charge is -2.59. The van der Waals surface area contributed by atoms with Gasteiger partial charge in [0.2, 0.25) is 5.91 Å². The highest BCUT2D eigenvalue weighted by molar-refractivity contribution is 7.22. The number of thiazole rings is 1. The fraction of sp³-hybridized carbons (Fsp3) is 0.636. The second kappa shape index (κ2) is 9.27. The van der Waals surface area contributed by atoms with Crippen molar-refractivity contribution in [2.24, 2.45) is 5.92 Å². The van der Waals surface area contributed by atoms with Crippen molar-refractivity contribution >= 4 is 57.4 Å². The highest BCUT2D eigenvalue weighted by Crippen LogP contribution is 2.56. The third-order valence-electron chi connectivity index (χ3n) is 7.32. The van der Waals surface area contributed by atoms with E-state index in [0.717, 1.165) is 29.7 Å². The molecule has 0 spiro atoms. The summed E-state index contributed by atoms with van der Waals surface area (Å²) in [5, 5.41) is 3.53. The minimum atomic E-state index is -0.219. The van der Waals surface area contributed by atoms with E-state index in [-0.39, 0.29) is 42.8 Å². The number of halogens is 3. The van der Waals surface area contributed by atoms with Crippen molar-refractivity contribution in [3.63, 3.8) is 0 Å². The minimum Gasteiger partial charge on any atom is -0.302 e. The molecule has 2 fully saturated rings. The van der Waals surface area contributed by atoms with Crippen LogP contribution in [0.4, 0.5) is 9.52 Å². The van der Waals surface area contributed by atoms with Crippen molar-refractivity contribution in [2.75, 3.05) is 25.1 Å². The SMILES string of the molecule is CC(=O)Nc1nc2cc3c(cc2s1)C[C@@H]1[C@@H]2CCCC[C@]32CCN1CCCF.Cl.Cl. The summed E-state index contributed by atoms with van der Waals surface area (Å²) in [6.07, 6.45) is 8.09. The van der Waals surface area contributed by atoms with Gasteiger partial charge in [0, 0.05) is 24.9 Å². The molecular weight excluding hydrogens is 444 g/mol. The maximum Gasteiger partial charge on any atom is 0.223 e. The molecule has 2 aliphatic carbocycles. The van der Waals surface area contributed by atoms with Gasteiger partial charge in [-0.15, -0.1) is 24.8 Å². The number of anilines is 1. The van der Waals surface area contributed by atoms with Crippen LogP contribution >= 0.6 is 36.2 Å². The second-order valence-corrected chi connectivity index (χ2v) is 9.82. The number of piperidine rings is 1. The first kappa shape index (κ1) is 23.7. The zero-order valence-electron chi connectivity index (χ0n) is 17.3. The monoisotopic (exact) mass is 473 g/mol. The van der Waals surface area contributed by atoms with Crippen molar-refractivity contribution in [1.29, 1.82) is 0 Å². The molecule has 2 heterocycles. The van der Waals surface area contributed by atoms with Crippen LogP contribution in [-0.2, 0) is 16.6 Å². The molecule has 0 radical (unpaired) electrons. The number of amides is 1. The number of carbonyl (C=O) groups is 1. The molecule has 1 amide bonds. The molecule has 4 nitrogen and oxygen atoms in total. The molecule has 2 bridgehead atoms. The average molecular weight is 474 g/mol. The van der Waals surface area contributed by atoms with E-state index in [4.69, 9.17) is 4.98 Å². The van der Waals surface area contributed by atoms with Gasteiger partial charge in [-0.05, 0) is 67.8 Å². The molecule has 1 N–H and O–H groups in total. The Kier molecular flexibility index (Phi) is 7.33. The predicted molar refractivity (Wildman–Crippen MR) is 126 cm³/mol. The molecule has 8 heteroatoms. The van der Waals surface area contributed by atoms with Crippen molar-refractivity contribution in [2.45, 2.75) is 63.3 Å². The van der Waals surface area contributed by atoms with Crippen LogP contribution in [0.5, 0.6) is 0 Å². The van der Waals surface area contributed by atoms with Gasteiger partial charge in [-0.3, -0.25) is 14.1 Å². The van der Waals surface area contributed by atoms with Crippen molar-refractivity contribution in [3.8, 4) is 0 Å². The van der Waals surface area contributed by atoms with Crippen LogP contribution in [0.25, 0.3) is 10.2 Å². The Balaban J connectivity index is 0.00000128. The lowest BCUT2D eigenvalue weighted by molar-refractivity contribution is -0.114. The molecule has 1 aliphatic heterocycles. The van der Waals surface area contributed by atoms with Crippen LogP contribution in [0, 0.1) is 5.92 Å². The molecule has 5 rings (SSSR count). The second-order valence-electron chi connectivity index (χ2n) is 8.79. The number of benzene rings is 1. The minimum absolute atomic E-state index is 0. The Morgan fingerprint density at radius 1 is 1.33 bits per heavy atom. The van der Waals surface area contributed by atoms with E-state index >= 15 is 0 Å². The van der Waals surface area contributed by atoms with E-state index in [0.29, 0.717) is 23.5 Å². The lowest BCUT2D eigenvalue weighted by atomic mass is 9.52. The average Bonchev–Trinajstić information content (AvgIpc) is 3.06. The molecule has 1 saturated heterocycles. The Morgan fingerprint density at radius 2 is 2.17 bits per heavy atom. The molecule has 166 valence electrons. The maximum atomic E-state index is 12.8. The number of nitrogens with zero attached hydrogens (tertiary/aromatic N) is 2. The number of carbonyl (C=O) groups excluding carboxylic acids is 1. The molecule has 0 unspecified atom stereocenters. The van der Waals surface area contributed by atoms with Crippen molar-refractivity contribution in [3.05, 3.63) is 23.3 Å². The molecule has 3 atom stereocenters. The standard InChI is InChI=1S/C22H28FN3OS.2ClH/c1-14(27)24-21-25-18-13-17-15(12-20(18)28-21)11-19-16-5-2-3-6-22(16,17)7-10-26(19)9-4-8-23;;/h12-13,16,19H,2-11H2,1H3,(H,24,25,27);2*1H/t16-,19+,22+;;/m0../s1. The zero-order chi connectivity index (χ0) is 19.3. The van der Waals surface area contributed by atoms with Crippen LogP contribution in [0.2, 0.25) is 0 Å². The molecule has 1 aromatic carbocycles. The van der Waals surface area contributed by atoms with E-state index in [1.54, 1.807) is 11.3 Å². The fourth-order valence-corrected chi connectivity index (χ4v) is 7.22. The lowest BCUT2D eigenvalue weighted by Crippen LogP contribution is -2.61. The van der Waals surface area contributed by atoms with Crippen molar-refractivity contribution < 1.29 is 9.18 Å². The number of aromatic nitrogens is 1. The number of rotatable bonds is 4. The first-order chi connectivity index (χ1) is 13.6. The van der Waals surface area contributed by atoms with E-state index in [1.165, 1.54) is 50.2 Å². The molecular formula is C22H30Cl2FN3OS. The first-order valence-corrected chi connectivity index (χ1v) is 11.4. The zero-order valence-corrected chi connectivity index (χ0v) is 19.7. The number of likely N-dealkylation sites (tertiary alicyclic amines) is 1. The van der Waals surface area contributed by atoms with Gasteiger partial charge in [-0.2, -0.15) is 0 Å². The van der Waals surface area contributed by atoms with Gasteiger partial charge < -0.3 is 5.32 Å². The van der Waals surface area contributed by atoms with Crippen LogP contribution in [0.1, 0.15) is 56.6 Å². The topological polar surface area (TPSA) is 45.2 Å². The largest absolute Gasteiger partial charge is 0.302 e. The van der Waals surface area contributed by atoms with Gasteiger partial charge >= 0.3 is 0 Å². The molecule has 30 heavy (non-hydrogen) atoms. The summed E-state index contributed by atoms with van der Waals surface area (Å²) in [6, 6.07) is 5.21. The Labute approximate surface area is 193 Å².